The summed E-state index contributed by atoms with van der Waals surface area (Å²) < 4.78 is 13.7. The largest absolute Gasteiger partial charge is 0.371 e. The number of hydrogen-bond acceptors (Lipinski definition) is 2. The highest BCUT2D eigenvalue weighted by molar-refractivity contribution is 5.57. The molecular formula is C15H25FN2. The Hall–Kier alpha value is -1.09. The molecule has 2 nitrogen and oxygen atoms in total. The van der Waals surface area contributed by atoms with Crippen molar-refractivity contribution in [2.45, 2.75) is 46.7 Å². The minimum absolute atomic E-state index is 0.170. The molecule has 0 saturated heterocycles. The smallest absolute Gasteiger partial charge is 0.126 e. The minimum Gasteiger partial charge on any atom is -0.371 e. The maximum atomic E-state index is 13.7. The third-order valence-electron chi connectivity index (χ3n) is 3.75. The van der Waals surface area contributed by atoms with Gasteiger partial charge < -0.3 is 10.6 Å². The van der Waals surface area contributed by atoms with Crippen molar-refractivity contribution in [1.29, 1.82) is 0 Å². The molecule has 3 heteroatoms. The van der Waals surface area contributed by atoms with Gasteiger partial charge in [-0.3, -0.25) is 0 Å². The Morgan fingerprint density at radius 1 is 1.17 bits per heavy atom. The summed E-state index contributed by atoms with van der Waals surface area (Å²) in [4.78, 5) is 2.19. The summed E-state index contributed by atoms with van der Waals surface area (Å²) in [5.74, 6) is 0.345. The lowest BCUT2D eigenvalue weighted by Gasteiger charge is -2.32. The molecule has 0 aliphatic carbocycles. The average Bonchev–Trinajstić information content (AvgIpc) is 2.29. The van der Waals surface area contributed by atoms with Gasteiger partial charge in [-0.1, -0.05) is 13.8 Å². The monoisotopic (exact) mass is 252 g/mol. The first-order valence-electron chi connectivity index (χ1n) is 6.54. The Morgan fingerprint density at radius 2 is 1.72 bits per heavy atom. The van der Waals surface area contributed by atoms with E-state index in [0.717, 1.165) is 11.3 Å². The fourth-order valence-electron chi connectivity index (χ4n) is 2.02. The van der Waals surface area contributed by atoms with Crippen LogP contribution < -0.4 is 10.6 Å². The van der Waals surface area contributed by atoms with Crippen LogP contribution in [0.4, 0.5) is 10.1 Å². The van der Waals surface area contributed by atoms with Crippen LogP contribution in [0.5, 0.6) is 0 Å². The van der Waals surface area contributed by atoms with Crippen LogP contribution in [-0.4, -0.2) is 13.1 Å². The zero-order valence-electron chi connectivity index (χ0n) is 12.3. The highest BCUT2D eigenvalue weighted by atomic mass is 19.1. The van der Waals surface area contributed by atoms with Gasteiger partial charge in [-0.2, -0.15) is 0 Å². The van der Waals surface area contributed by atoms with Crippen LogP contribution in [-0.2, 0) is 0 Å². The number of nitrogens with zero attached hydrogens (tertiary/aromatic N) is 1. The molecule has 1 rings (SSSR count). The van der Waals surface area contributed by atoms with Crippen LogP contribution in [0, 0.1) is 18.7 Å². The van der Waals surface area contributed by atoms with E-state index in [4.69, 9.17) is 5.73 Å². The lowest BCUT2D eigenvalue weighted by Crippen LogP contribution is -2.34. The van der Waals surface area contributed by atoms with E-state index in [1.165, 1.54) is 0 Å². The van der Waals surface area contributed by atoms with E-state index >= 15 is 0 Å². The lowest BCUT2D eigenvalue weighted by atomic mass is 9.99. The van der Waals surface area contributed by atoms with Crippen molar-refractivity contribution in [1.82, 2.24) is 0 Å². The minimum atomic E-state index is -0.184. The number of aryl methyl sites for hydroxylation is 1. The summed E-state index contributed by atoms with van der Waals surface area (Å²) in [7, 11) is 2.04. The highest BCUT2D eigenvalue weighted by Gasteiger charge is 2.19. The number of anilines is 1. The molecule has 0 aromatic heterocycles. The summed E-state index contributed by atoms with van der Waals surface area (Å²) in [6.45, 7) is 10.2. The topological polar surface area (TPSA) is 29.3 Å². The Balaban J connectivity index is 3.25. The quantitative estimate of drug-likeness (QED) is 0.886. The number of halogens is 1. The van der Waals surface area contributed by atoms with Crippen LogP contribution in [0.2, 0.25) is 0 Å². The second-order valence-electron chi connectivity index (χ2n) is 5.54. The summed E-state index contributed by atoms with van der Waals surface area (Å²) in [5.41, 5.74) is 8.52. The summed E-state index contributed by atoms with van der Waals surface area (Å²) in [5, 5.41) is 0. The lowest BCUT2D eigenvalue weighted by molar-refractivity contribution is 0.503. The molecule has 102 valence electrons. The van der Waals surface area contributed by atoms with Gasteiger partial charge >= 0.3 is 0 Å². The molecule has 1 aromatic rings. The average molecular weight is 252 g/mol. The third-order valence-corrected chi connectivity index (χ3v) is 3.75. The van der Waals surface area contributed by atoms with Crippen LogP contribution in [0.3, 0.4) is 0 Å². The SMILES string of the molecule is Cc1cc(N(C)C(C)C(C)C)c([C@H](C)N)cc1F. The molecule has 2 atom stereocenters. The molecule has 0 heterocycles. The molecule has 1 aromatic carbocycles. The van der Waals surface area contributed by atoms with Gasteiger partial charge in [0.2, 0.25) is 0 Å². The van der Waals surface area contributed by atoms with Gasteiger partial charge in [0.25, 0.3) is 0 Å². The Morgan fingerprint density at radius 3 is 2.17 bits per heavy atom. The normalized spacial score (nSPS) is 14.7. The second kappa shape index (κ2) is 5.70. The third kappa shape index (κ3) is 3.02. The van der Waals surface area contributed by atoms with Crippen LogP contribution in [0.25, 0.3) is 0 Å². The molecule has 0 aliphatic rings. The maximum absolute atomic E-state index is 13.7. The van der Waals surface area contributed by atoms with Crippen molar-refractivity contribution in [3.63, 3.8) is 0 Å². The van der Waals surface area contributed by atoms with Crippen molar-refractivity contribution in [2.75, 3.05) is 11.9 Å². The molecule has 18 heavy (non-hydrogen) atoms. The van der Waals surface area contributed by atoms with Crippen molar-refractivity contribution >= 4 is 5.69 Å². The van der Waals surface area contributed by atoms with Crippen molar-refractivity contribution < 1.29 is 4.39 Å². The van der Waals surface area contributed by atoms with Gasteiger partial charge in [0.1, 0.15) is 5.82 Å². The number of benzene rings is 1. The van der Waals surface area contributed by atoms with Crippen LogP contribution >= 0.6 is 0 Å². The van der Waals surface area contributed by atoms with Gasteiger partial charge in [0, 0.05) is 24.8 Å². The van der Waals surface area contributed by atoms with Crippen LogP contribution in [0.1, 0.15) is 44.9 Å². The molecule has 1 unspecified atom stereocenters. The van der Waals surface area contributed by atoms with Gasteiger partial charge in [-0.15, -0.1) is 0 Å². The van der Waals surface area contributed by atoms with E-state index in [2.05, 4.69) is 25.7 Å². The number of rotatable bonds is 4. The van der Waals surface area contributed by atoms with E-state index in [9.17, 15) is 4.39 Å². The predicted molar refractivity (Wildman–Crippen MR) is 76.4 cm³/mol. The van der Waals surface area contributed by atoms with Gasteiger partial charge in [0.15, 0.2) is 0 Å². The van der Waals surface area contributed by atoms with Crippen molar-refractivity contribution in [3.05, 3.63) is 29.1 Å². The fourth-order valence-corrected chi connectivity index (χ4v) is 2.02. The van der Waals surface area contributed by atoms with E-state index in [-0.39, 0.29) is 11.9 Å². The van der Waals surface area contributed by atoms with Gasteiger partial charge in [-0.05, 0) is 49.9 Å². The summed E-state index contributed by atoms with van der Waals surface area (Å²) in [6.07, 6.45) is 0. The first kappa shape index (κ1) is 15.0. The van der Waals surface area contributed by atoms with Crippen LogP contribution in [0.15, 0.2) is 12.1 Å². The fraction of sp³-hybridized carbons (Fsp3) is 0.600. The summed E-state index contributed by atoms with van der Waals surface area (Å²) >= 11 is 0. The van der Waals surface area contributed by atoms with E-state index in [1.54, 1.807) is 13.0 Å². The molecule has 0 amide bonds. The Labute approximate surface area is 110 Å². The Kier molecular flexibility index (Phi) is 4.74. The van der Waals surface area contributed by atoms with E-state index in [0.29, 0.717) is 17.5 Å². The zero-order chi connectivity index (χ0) is 14.0. The standard InChI is InChI=1S/C15H25FN2/c1-9(2)12(5)18(6)15-7-10(3)14(16)8-13(15)11(4)17/h7-9,11-12H,17H2,1-6H3/t11-,12?/m0/s1. The first-order chi connectivity index (χ1) is 8.25. The summed E-state index contributed by atoms with van der Waals surface area (Å²) in [6, 6.07) is 3.68. The zero-order valence-corrected chi connectivity index (χ0v) is 12.3. The molecular weight excluding hydrogens is 227 g/mol. The Bertz CT molecular complexity index is 413. The maximum Gasteiger partial charge on any atom is 0.126 e. The first-order valence-corrected chi connectivity index (χ1v) is 6.54. The second-order valence-corrected chi connectivity index (χ2v) is 5.54. The van der Waals surface area contributed by atoms with Gasteiger partial charge in [0.05, 0.1) is 0 Å². The predicted octanol–water partition coefficient (Wildman–Crippen LogP) is 3.63. The van der Waals surface area contributed by atoms with Crippen molar-refractivity contribution in [3.8, 4) is 0 Å². The van der Waals surface area contributed by atoms with Gasteiger partial charge in [-0.25, -0.2) is 4.39 Å². The molecule has 0 aliphatic heterocycles. The van der Waals surface area contributed by atoms with E-state index in [1.807, 2.05) is 20.0 Å². The highest BCUT2D eigenvalue weighted by Crippen LogP contribution is 2.30. The number of hydrogen-bond donors (Lipinski definition) is 1. The molecule has 2 N–H and O–H groups in total. The molecule has 0 spiro atoms. The van der Waals surface area contributed by atoms with Crippen molar-refractivity contribution in [2.24, 2.45) is 11.7 Å². The number of nitrogens with two attached hydrogens (primary N) is 1. The van der Waals surface area contributed by atoms with E-state index < -0.39 is 0 Å². The molecule has 0 radical (unpaired) electrons. The molecule has 0 bridgehead atoms. The molecule has 0 fully saturated rings. The molecule has 0 saturated carbocycles.